The van der Waals surface area contributed by atoms with Crippen molar-refractivity contribution in [3.63, 3.8) is 0 Å². The Morgan fingerprint density at radius 2 is 2.35 bits per heavy atom. The van der Waals surface area contributed by atoms with Gasteiger partial charge < -0.3 is 15.1 Å². The van der Waals surface area contributed by atoms with Gasteiger partial charge in [-0.1, -0.05) is 6.92 Å². The molecule has 0 saturated carbocycles. The maximum Gasteiger partial charge on any atom is 0.287 e. The molecule has 96 valence electrons. The van der Waals surface area contributed by atoms with Crippen molar-refractivity contribution >= 4 is 34.2 Å². The first-order valence-corrected chi connectivity index (χ1v) is 6.23. The van der Waals surface area contributed by atoms with E-state index in [2.05, 4.69) is 33.5 Å². The highest BCUT2D eigenvalue weighted by Crippen LogP contribution is 2.16. The molecule has 2 rings (SSSR count). The summed E-state index contributed by atoms with van der Waals surface area (Å²) in [5.74, 6) is 0.708. The zero-order valence-corrected chi connectivity index (χ0v) is 11.9. The summed E-state index contributed by atoms with van der Waals surface area (Å²) in [6.45, 7) is 4.01. The van der Waals surface area contributed by atoms with Gasteiger partial charge in [0.25, 0.3) is 5.91 Å². The summed E-state index contributed by atoms with van der Waals surface area (Å²) in [6, 6.07) is 3.57. The third-order valence-electron chi connectivity index (χ3n) is 2.94. The van der Waals surface area contributed by atoms with Crippen molar-refractivity contribution in [3.8, 4) is 0 Å². The maximum absolute atomic E-state index is 11.8. The summed E-state index contributed by atoms with van der Waals surface area (Å²) >= 11 is 3.18. The molecule has 2 N–H and O–H groups in total. The second-order valence-electron chi connectivity index (χ2n) is 4.15. The van der Waals surface area contributed by atoms with Crippen molar-refractivity contribution in [2.75, 3.05) is 13.1 Å². The molecule has 0 radical (unpaired) electrons. The summed E-state index contributed by atoms with van der Waals surface area (Å²) in [7, 11) is 0. The van der Waals surface area contributed by atoms with Crippen LogP contribution in [0.5, 0.6) is 0 Å². The lowest BCUT2D eigenvalue weighted by atomic mass is 9.95. The normalized spacial score (nSPS) is 23.9. The van der Waals surface area contributed by atoms with Gasteiger partial charge in [0.05, 0.1) is 0 Å². The number of halogens is 2. The minimum atomic E-state index is -0.147. The predicted octanol–water partition coefficient (Wildman–Crippen LogP) is 2.19. The van der Waals surface area contributed by atoms with Crippen molar-refractivity contribution < 1.29 is 9.21 Å². The number of amides is 1. The van der Waals surface area contributed by atoms with Crippen molar-refractivity contribution in [2.45, 2.75) is 19.4 Å². The van der Waals surface area contributed by atoms with E-state index in [9.17, 15) is 4.79 Å². The van der Waals surface area contributed by atoms with Gasteiger partial charge in [0.1, 0.15) is 0 Å². The third-order valence-corrected chi connectivity index (χ3v) is 3.37. The minimum Gasteiger partial charge on any atom is -0.444 e. The number of piperidine rings is 1. The molecule has 6 heteroatoms. The molecule has 2 unspecified atom stereocenters. The van der Waals surface area contributed by atoms with Crippen molar-refractivity contribution in [3.05, 3.63) is 22.6 Å². The molecule has 2 atom stereocenters. The molecule has 1 aliphatic heterocycles. The van der Waals surface area contributed by atoms with Gasteiger partial charge in [-0.15, -0.1) is 12.4 Å². The number of nitrogens with one attached hydrogen (secondary N) is 2. The second-order valence-corrected chi connectivity index (χ2v) is 4.94. The van der Waals surface area contributed by atoms with E-state index in [-0.39, 0.29) is 24.4 Å². The second kappa shape index (κ2) is 6.42. The zero-order valence-electron chi connectivity index (χ0n) is 9.53. The van der Waals surface area contributed by atoms with Crippen LogP contribution in [-0.4, -0.2) is 25.0 Å². The topological polar surface area (TPSA) is 54.3 Å². The van der Waals surface area contributed by atoms with E-state index in [1.165, 1.54) is 0 Å². The van der Waals surface area contributed by atoms with Crippen molar-refractivity contribution in [1.82, 2.24) is 10.6 Å². The lowest BCUT2D eigenvalue weighted by molar-refractivity contribution is 0.0885. The monoisotopic (exact) mass is 322 g/mol. The highest BCUT2D eigenvalue weighted by atomic mass is 79.9. The maximum atomic E-state index is 11.8. The molecule has 17 heavy (non-hydrogen) atoms. The highest BCUT2D eigenvalue weighted by Gasteiger charge is 2.23. The summed E-state index contributed by atoms with van der Waals surface area (Å²) in [6.07, 6.45) is 1.09. The largest absolute Gasteiger partial charge is 0.444 e. The van der Waals surface area contributed by atoms with Crippen LogP contribution in [0.1, 0.15) is 23.9 Å². The lowest BCUT2D eigenvalue weighted by Crippen LogP contribution is -2.50. The van der Waals surface area contributed by atoms with E-state index in [1.807, 2.05) is 0 Å². The average Bonchev–Trinajstić information content (AvgIpc) is 2.68. The molecule has 1 amide bonds. The Labute approximate surface area is 115 Å². The molecule has 0 aliphatic carbocycles. The number of carbonyl (C=O) groups excluding carboxylic acids is 1. The van der Waals surface area contributed by atoms with E-state index in [0.29, 0.717) is 16.3 Å². The molecule has 4 nitrogen and oxygen atoms in total. The fourth-order valence-corrected chi connectivity index (χ4v) is 2.17. The number of carbonyl (C=O) groups is 1. The van der Waals surface area contributed by atoms with E-state index >= 15 is 0 Å². The van der Waals surface area contributed by atoms with Gasteiger partial charge in [-0.3, -0.25) is 4.79 Å². The molecule has 2 heterocycles. The van der Waals surface area contributed by atoms with Gasteiger partial charge in [0.2, 0.25) is 0 Å². The first kappa shape index (κ1) is 14.5. The molecule has 0 bridgehead atoms. The third kappa shape index (κ3) is 3.72. The van der Waals surface area contributed by atoms with Gasteiger partial charge in [-0.05, 0) is 46.9 Å². The van der Waals surface area contributed by atoms with Crippen LogP contribution >= 0.6 is 28.3 Å². The van der Waals surface area contributed by atoms with Gasteiger partial charge in [0.15, 0.2) is 10.4 Å². The van der Waals surface area contributed by atoms with E-state index in [1.54, 1.807) is 12.1 Å². The molecular formula is C11H16BrClN2O2. The Kier molecular flexibility index (Phi) is 5.49. The van der Waals surface area contributed by atoms with Crippen LogP contribution in [-0.2, 0) is 0 Å². The van der Waals surface area contributed by atoms with Crippen LogP contribution < -0.4 is 10.6 Å². The first-order valence-electron chi connectivity index (χ1n) is 5.44. The fraction of sp³-hybridized carbons (Fsp3) is 0.545. The molecule has 1 aromatic rings. The van der Waals surface area contributed by atoms with Crippen LogP contribution in [0, 0.1) is 5.92 Å². The van der Waals surface area contributed by atoms with Crippen LogP contribution in [0.4, 0.5) is 0 Å². The Hall–Kier alpha value is -0.520. The van der Waals surface area contributed by atoms with E-state index in [0.717, 1.165) is 19.5 Å². The molecule has 1 saturated heterocycles. The Morgan fingerprint density at radius 3 is 2.94 bits per heavy atom. The van der Waals surface area contributed by atoms with E-state index < -0.39 is 0 Å². The summed E-state index contributed by atoms with van der Waals surface area (Å²) in [5.41, 5.74) is 0. The molecule has 1 aromatic heterocycles. The fourth-order valence-electron chi connectivity index (χ4n) is 1.86. The molecular weight excluding hydrogens is 307 g/mol. The van der Waals surface area contributed by atoms with Crippen molar-refractivity contribution in [1.29, 1.82) is 0 Å². The van der Waals surface area contributed by atoms with Crippen LogP contribution in [0.25, 0.3) is 0 Å². The first-order chi connectivity index (χ1) is 7.66. The summed E-state index contributed by atoms with van der Waals surface area (Å²) < 4.78 is 5.78. The predicted molar refractivity (Wildman–Crippen MR) is 71.6 cm³/mol. The van der Waals surface area contributed by atoms with Crippen LogP contribution in [0.2, 0.25) is 0 Å². The van der Waals surface area contributed by atoms with Crippen molar-refractivity contribution in [2.24, 2.45) is 5.92 Å². The Bertz CT molecular complexity index is 383. The quantitative estimate of drug-likeness (QED) is 0.877. The van der Waals surface area contributed by atoms with Gasteiger partial charge in [-0.2, -0.15) is 0 Å². The molecule has 0 spiro atoms. The minimum absolute atomic E-state index is 0. The van der Waals surface area contributed by atoms with E-state index in [4.69, 9.17) is 4.42 Å². The number of furan rings is 1. The van der Waals surface area contributed by atoms with Gasteiger partial charge in [-0.25, -0.2) is 0 Å². The summed E-state index contributed by atoms with van der Waals surface area (Å²) in [4.78, 5) is 11.8. The molecule has 0 aromatic carbocycles. The molecule has 1 fully saturated rings. The Balaban J connectivity index is 0.00000144. The smallest absolute Gasteiger partial charge is 0.287 e. The lowest BCUT2D eigenvalue weighted by Gasteiger charge is -2.29. The number of rotatable bonds is 2. The standard InChI is InChI=1S/C11H15BrN2O2.ClH/c1-7-4-5-13-6-8(7)14-11(15)9-2-3-10(12)16-9;/h2-3,7-8,13H,4-6H2,1H3,(H,14,15);1H. The van der Waals surface area contributed by atoms with Gasteiger partial charge >= 0.3 is 0 Å². The number of hydrogen-bond acceptors (Lipinski definition) is 3. The van der Waals surface area contributed by atoms with Crippen LogP contribution in [0.15, 0.2) is 21.2 Å². The molecule has 1 aliphatic rings. The zero-order chi connectivity index (χ0) is 11.5. The average molecular weight is 324 g/mol. The SMILES string of the molecule is CC1CCNCC1NC(=O)c1ccc(Br)o1.Cl. The summed E-state index contributed by atoms with van der Waals surface area (Å²) in [5, 5.41) is 6.25. The van der Waals surface area contributed by atoms with Crippen LogP contribution in [0.3, 0.4) is 0 Å². The van der Waals surface area contributed by atoms with Gasteiger partial charge in [0, 0.05) is 12.6 Å². The number of hydrogen-bond donors (Lipinski definition) is 2. The Morgan fingerprint density at radius 1 is 1.59 bits per heavy atom. The highest BCUT2D eigenvalue weighted by molar-refractivity contribution is 9.10.